The van der Waals surface area contributed by atoms with Crippen molar-refractivity contribution in [3.8, 4) is 5.75 Å². The van der Waals surface area contributed by atoms with Gasteiger partial charge in [-0.25, -0.2) is 15.0 Å². The van der Waals surface area contributed by atoms with Crippen molar-refractivity contribution in [1.29, 1.82) is 0 Å². The molecule has 1 aliphatic heterocycles. The van der Waals surface area contributed by atoms with Crippen molar-refractivity contribution in [2.45, 2.75) is 36.9 Å². The van der Waals surface area contributed by atoms with E-state index < -0.39 is 16.9 Å². The number of benzene rings is 3. The molecule has 47 heavy (non-hydrogen) atoms. The molecular weight excluding hydrogens is 637 g/mol. The number of rotatable bonds is 8. The van der Waals surface area contributed by atoms with Crippen LogP contribution in [-0.2, 0) is 4.79 Å². The number of ether oxygens (including phenoxy) is 1. The molecule has 3 aromatic carbocycles. The van der Waals surface area contributed by atoms with Crippen LogP contribution in [0, 0.1) is 24.0 Å². The van der Waals surface area contributed by atoms with E-state index in [1.54, 1.807) is 62.6 Å². The molecule has 2 aromatic heterocycles. The monoisotopic (exact) mass is 664 g/mol. The van der Waals surface area contributed by atoms with Crippen molar-refractivity contribution in [2.75, 3.05) is 12.4 Å². The molecule has 1 atom stereocenters. The number of aryl methyl sites for hydroxylation is 2. The van der Waals surface area contributed by atoms with Gasteiger partial charge < -0.3 is 10.1 Å². The summed E-state index contributed by atoms with van der Waals surface area (Å²) in [6, 6.07) is 22.0. The molecule has 3 heterocycles. The summed E-state index contributed by atoms with van der Waals surface area (Å²) in [6.45, 7) is 5.42. The zero-order chi connectivity index (χ0) is 33.2. The number of amides is 1. The molecule has 0 fully saturated rings. The number of aromatic nitrogens is 3. The lowest BCUT2D eigenvalue weighted by Crippen LogP contribution is -2.40. The molecule has 0 saturated heterocycles. The fraction of sp³-hybridized carbons (Fsp3) is 0.147. The Morgan fingerprint density at radius 3 is 2.47 bits per heavy atom. The molecule has 5 aromatic rings. The number of methoxy groups -OCH3 is 1. The first-order valence-corrected chi connectivity index (χ1v) is 16.1. The van der Waals surface area contributed by atoms with E-state index in [0.717, 1.165) is 34.5 Å². The first kappa shape index (κ1) is 31.6. The summed E-state index contributed by atoms with van der Waals surface area (Å²) in [4.78, 5) is 53.8. The molecule has 1 N–H and O–H groups in total. The minimum absolute atomic E-state index is 0.135. The Kier molecular flexibility index (Phi) is 8.83. The van der Waals surface area contributed by atoms with Gasteiger partial charge in [-0.3, -0.25) is 24.3 Å². The van der Waals surface area contributed by atoms with Crippen LogP contribution in [0.2, 0.25) is 0 Å². The summed E-state index contributed by atoms with van der Waals surface area (Å²) in [5.41, 5.74) is 3.51. The van der Waals surface area contributed by atoms with E-state index in [1.165, 1.54) is 10.6 Å². The number of nitro groups is 1. The standard InChI is InChI=1S/C34H28N6O5S2/c1-19-15-20(2)36-33(35-19)46-27-14-13-22(16-26(27)40(43)44)17-28-32(42)39-30(23-9-8-12-25(18-23)45-4)29(21(3)37-34(39)47-28)31(41)38-24-10-6-5-7-11-24/h5-18,30H,1-4H3,(H,38,41)/b28-17+/t30-/m0/s1. The van der Waals surface area contributed by atoms with Crippen molar-refractivity contribution in [3.05, 3.63) is 142 Å². The highest BCUT2D eigenvalue weighted by molar-refractivity contribution is 7.99. The van der Waals surface area contributed by atoms with E-state index >= 15 is 0 Å². The van der Waals surface area contributed by atoms with Gasteiger partial charge in [0, 0.05) is 23.1 Å². The predicted octanol–water partition coefficient (Wildman–Crippen LogP) is 5.35. The van der Waals surface area contributed by atoms with Crippen LogP contribution >= 0.6 is 23.1 Å². The lowest BCUT2D eigenvalue weighted by molar-refractivity contribution is -0.387. The molecule has 0 bridgehead atoms. The largest absolute Gasteiger partial charge is 0.497 e. The lowest BCUT2D eigenvalue weighted by atomic mass is 9.95. The van der Waals surface area contributed by atoms with E-state index in [-0.39, 0.29) is 11.2 Å². The summed E-state index contributed by atoms with van der Waals surface area (Å²) >= 11 is 2.25. The van der Waals surface area contributed by atoms with Crippen molar-refractivity contribution >= 4 is 46.5 Å². The minimum Gasteiger partial charge on any atom is -0.497 e. The second kappa shape index (κ2) is 13.1. The smallest absolute Gasteiger partial charge is 0.283 e. The summed E-state index contributed by atoms with van der Waals surface area (Å²) in [5.74, 6) is 0.176. The highest BCUT2D eigenvalue weighted by Gasteiger charge is 2.33. The van der Waals surface area contributed by atoms with Crippen LogP contribution in [0.1, 0.15) is 35.5 Å². The van der Waals surface area contributed by atoms with E-state index in [0.29, 0.717) is 53.2 Å². The van der Waals surface area contributed by atoms with E-state index in [2.05, 4.69) is 20.3 Å². The molecule has 0 unspecified atom stereocenters. The van der Waals surface area contributed by atoms with E-state index in [1.807, 2.05) is 44.2 Å². The van der Waals surface area contributed by atoms with Crippen LogP contribution in [-0.4, -0.2) is 32.5 Å². The van der Waals surface area contributed by atoms with Crippen LogP contribution in [0.3, 0.4) is 0 Å². The van der Waals surface area contributed by atoms with Crippen LogP contribution < -0.4 is 24.9 Å². The quantitative estimate of drug-likeness (QED) is 0.133. The molecule has 1 amide bonds. The Balaban J connectivity index is 1.44. The van der Waals surface area contributed by atoms with Gasteiger partial charge in [0.2, 0.25) is 0 Å². The number of nitrogens with zero attached hydrogens (tertiary/aromatic N) is 5. The van der Waals surface area contributed by atoms with Crippen LogP contribution in [0.25, 0.3) is 6.08 Å². The minimum atomic E-state index is -0.807. The van der Waals surface area contributed by atoms with Crippen LogP contribution in [0.5, 0.6) is 5.75 Å². The average molecular weight is 665 g/mol. The Morgan fingerprint density at radius 2 is 1.77 bits per heavy atom. The SMILES string of the molecule is COc1cccc([C@H]2C(C(=O)Nc3ccccc3)=C(C)N=c3s/c(=C/c4ccc(Sc5nc(C)cc(C)n5)c([N+](=O)[O-])c4)c(=O)n32)c1. The molecule has 0 saturated carbocycles. The van der Waals surface area contributed by atoms with Gasteiger partial charge in [0.1, 0.15) is 5.75 Å². The summed E-state index contributed by atoms with van der Waals surface area (Å²) < 4.78 is 7.26. The van der Waals surface area contributed by atoms with Crippen LogP contribution in [0.15, 0.2) is 110 Å². The Hall–Kier alpha value is -5.40. The summed E-state index contributed by atoms with van der Waals surface area (Å²) in [5, 5.41) is 15.4. The Bertz CT molecular complexity index is 2240. The average Bonchev–Trinajstić information content (AvgIpc) is 3.34. The number of carbonyl (C=O) groups excluding carboxylic acids is 1. The van der Waals surface area contributed by atoms with Crippen molar-refractivity contribution in [1.82, 2.24) is 14.5 Å². The van der Waals surface area contributed by atoms with Crippen molar-refractivity contribution < 1.29 is 14.5 Å². The number of hydrogen-bond acceptors (Lipinski definition) is 10. The van der Waals surface area contributed by atoms with Crippen molar-refractivity contribution in [3.63, 3.8) is 0 Å². The number of nitrogens with one attached hydrogen (secondary N) is 1. The number of carbonyl (C=O) groups is 1. The molecule has 0 radical (unpaired) electrons. The van der Waals surface area contributed by atoms with Gasteiger partial charge >= 0.3 is 0 Å². The zero-order valence-electron chi connectivity index (χ0n) is 25.8. The van der Waals surface area contributed by atoms with Gasteiger partial charge in [0.25, 0.3) is 17.2 Å². The lowest BCUT2D eigenvalue weighted by Gasteiger charge is -2.25. The summed E-state index contributed by atoms with van der Waals surface area (Å²) in [7, 11) is 1.55. The molecule has 11 nitrogen and oxygen atoms in total. The van der Waals surface area contributed by atoms with Gasteiger partial charge in [0.05, 0.1) is 38.8 Å². The van der Waals surface area contributed by atoms with Gasteiger partial charge in [-0.1, -0.05) is 47.7 Å². The zero-order valence-corrected chi connectivity index (χ0v) is 27.4. The molecule has 6 rings (SSSR count). The number of thiazole rings is 1. The molecule has 1 aliphatic rings. The number of allylic oxidation sites excluding steroid dienone is 1. The molecule has 0 spiro atoms. The fourth-order valence-corrected chi connectivity index (χ4v) is 7.30. The van der Waals surface area contributed by atoms with Gasteiger partial charge in [0.15, 0.2) is 9.96 Å². The van der Waals surface area contributed by atoms with Crippen molar-refractivity contribution in [2.24, 2.45) is 4.99 Å². The second-order valence-electron chi connectivity index (χ2n) is 10.7. The first-order chi connectivity index (χ1) is 22.6. The van der Waals surface area contributed by atoms with Gasteiger partial charge in [-0.2, -0.15) is 0 Å². The molecule has 13 heteroatoms. The number of para-hydroxylation sites is 1. The third-order valence-electron chi connectivity index (χ3n) is 7.35. The third-order valence-corrected chi connectivity index (χ3v) is 9.26. The highest BCUT2D eigenvalue weighted by Crippen LogP contribution is 2.35. The second-order valence-corrected chi connectivity index (χ2v) is 12.7. The molecule has 236 valence electrons. The Labute approximate surface area is 277 Å². The van der Waals surface area contributed by atoms with Gasteiger partial charge in [-0.05, 0) is 86.1 Å². The number of fused-ring (bicyclic) bond motifs is 1. The predicted molar refractivity (Wildman–Crippen MR) is 181 cm³/mol. The molecular formula is C34H28N6O5S2. The third kappa shape index (κ3) is 6.62. The highest BCUT2D eigenvalue weighted by atomic mass is 32.2. The first-order valence-electron chi connectivity index (χ1n) is 14.4. The van der Waals surface area contributed by atoms with Gasteiger partial charge in [-0.15, -0.1) is 0 Å². The Morgan fingerprint density at radius 1 is 1.02 bits per heavy atom. The topological polar surface area (TPSA) is 142 Å². The number of anilines is 1. The van der Waals surface area contributed by atoms with Crippen LogP contribution in [0.4, 0.5) is 11.4 Å². The summed E-state index contributed by atoms with van der Waals surface area (Å²) in [6.07, 6.45) is 1.60. The number of hydrogen-bond donors (Lipinski definition) is 1. The maximum absolute atomic E-state index is 14.1. The number of nitro benzene ring substituents is 1. The normalized spacial score (nSPS) is 14.4. The maximum atomic E-state index is 14.1. The fourth-order valence-electron chi connectivity index (χ4n) is 5.30. The molecule has 0 aliphatic carbocycles. The van der Waals surface area contributed by atoms with E-state index in [4.69, 9.17) is 4.74 Å². The van der Waals surface area contributed by atoms with E-state index in [9.17, 15) is 19.7 Å². The maximum Gasteiger partial charge on any atom is 0.283 e.